The smallest absolute Gasteiger partial charge is 0.408 e. The second-order valence-corrected chi connectivity index (χ2v) is 4.57. The van der Waals surface area contributed by atoms with Crippen molar-refractivity contribution in [1.82, 2.24) is 10.3 Å². The number of oxazole rings is 1. The summed E-state index contributed by atoms with van der Waals surface area (Å²) in [7, 11) is 0. The van der Waals surface area contributed by atoms with Gasteiger partial charge in [-0.3, -0.25) is 9.78 Å². The first-order valence-corrected chi connectivity index (χ1v) is 5.96. The van der Waals surface area contributed by atoms with Crippen molar-refractivity contribution in [3.05, 3.63) is 34.3 Å². The number of rotatable bonds is 4. The van der Waals surface area contributed by atoms with Crippen molar-refractivity contribution in [2.45, 2.75) is 32.7 Å². The normalized spacial score (nSPS) is 11.1. The van der Waals surface area contributed by atoms with Crippen LogP contribution in [0.3, 0.4) is 0 Å². The summed E-state index contributed by atoms with van der Waals surface area (Å²) in [6.07, 6.45) is 1.08. The van der Waals surface area contributed by atoms with E-state index in [0.717, 1.165) is 5.56 Å². The van der Waals surface area contributed by atoms with E-state index in [1.165, 1.54) is 0 Å². The summed E-state index contributed by atoms with van der Waals surface area (Å²) in [6, 6.07) is 5.60. The van der Waals surface area contributed by atoms with E-state index < -0.39 is 5.76 Å². The Morgan fingerprint density at radius 1 is 1.44 bits per heavy atom. The molecule has 96 valence electrons. The van der Waals surface area contributed by atoms with Gasteiger partial charge >= 0.3 is 5.76 Å². The molecule has 0 saturated heterocycles. The highest BCUT2D eigenvalue weighted by molar-refractivity contribution is 5.77. The maximum absolute atomic E-state index is 11.5. The van der Waals surface area contributed by atoms with E-state index in [9.17, 15) is 9.59 Å². The largest absolute Gasteiger partial charge is 0.417 e. The quantitative estimate of drug-likeness (QED) is 0.862. The highest BCUT2D eigenvalue weighted by Gasteiger charge is 2.06. The van der Waals surface area contributed by atoms with Crippen LogP contribution < -0.4 is 11.1 Å². The molecule has 0 aliphatic rings. The molecule has 0 saturated carbocycles. The summed E-state index contributed by atoms with van der Waals surface area (Å²) < 4.78 is 4.91. The van der Waals surface area contributed by atoms with Gasteiger partial charge in [0.05, 0.1) is 5.52 Å². The molecule has 2 aromatic rings. The van der Waals surface area contributed by atoms with Gasteiger partial charge in [-0.15, -0.1) is 0 Å². The first kappa shape index (κ1) is 12.4. The number of nitrogens with one attached hydrogen (secondary N) is 2. The lowest BCUT2D eigenvalue weighted by atomic mass is 10.1. The van der Waals surface area contributed by atoms with Crippen molar-refractivity contribution in [2.24, 2.45) is 0 Å². The van der Waals surface area contributed by atoms with Gasteiger partial charge in [0.15, 0.2) is 5.58 Å². The zero-order chi connectivity index (χ0) is 13.1. The van der Waals surface area contributed by atoms with Crippen molar-refractivity contribution < 1.29 is 9.21 Å². The zero-order valence-corrected chi connectivity index (χ0v) is 10.4. The summed E-state index contributed by atoms with van der Waals surface area (Å²) in [5.74, 6) is -0.425. The van der Waals surface area contributed by atoms with Crippen LogP contribution in [0.1, 0.15) is 25.8 Å². The van der Waals surface area contributed by atoms with Gasteiger partial charge in [-0.2, -0.15) is 0 Å². The fourth-order valence-corrected chi connectivity index (χ4v) is 1.81. The van der Waals surface area contributed by atoms with Gasteiger partial charge < -0.3 is 9.73 Å². The second-order valence-electron chi connectivity index (χ2n) is 4.57. The van der Waals surface area contributed by atoms with Crippen molar-refractivity contribution in [3.63, 3.8) is 0 Å². The highest BCUT2D eigenvalue weighted by atomic mass is 16.4. The van der Waals surface area contributed by atoms with Crippen LogP contribution in [0.5, 0.6) is 0 Å². The third-order valence-electron chi connectivity index (χ3n) is 2.57. The van der Waals surface area contributed by atoms with Gasteiger partial charge in [0.2, 0.25) is 5.91 Å². The maximum atomic E-state index is 11.5. The lowest BCUT2D eigenvalue weighted by Crippen LogP contribution is -2.30. The molecule has 0 aliphatic heterocycles. The third kappa shape index (κ3) is 3.00. The van der Waals surface area contributed by atoms with Gasteiger partial charge in [-0.05, 0) is 38.0 Å². The second kappa shape index (κ2) is 5.08. The molecule has 5 nitrogen and oxygen atoms in total. The Morgan fingerprint density at radius 3 is 2.94 bits per heavy atom. The number of hydrogen-bond acceptors (Lipinski definition) is 3. The van der Waals surface area contributed by atoms with Crippen molar-refractivity contribution >= 4 is 17.0 Å². The van der Waals surface area contributed by atoms with Gasteiger partial charge in [0.1, 0.15) is 0 Å². The Labute approximate surface area is 104 Å². The van der Waals surface area contributed by atoms with E-state index in [-0.39, 0.29) is 11.9 Å². The molecule has 2 N–H and O–H groups in total. The molecule has 1 heterocycles. The standard InChI is InChI=1S/C13H16N2O3/c1-8(2)14-12(16)6-4-9-3-5-11-10(7-9)15-13(17)18-11/h3,5,7-8H,4,6H2,1-2H3,(H,14,16)(H,15,17). The van der Waals surface area contributed by atoms with E-state index in [2.05, 4.69) is 10.3 Å². The number of benzene rings is 1. The number of aromatic nitrogens is 1. The summed E-state index contributed by atoms with van der Waals surface area (Å²) in [6.45, 7) is 3.86. The molecule has 0 bridgehead atoms. The fraction of sp³-hybridized carbons (Fsp3) is 0.385. The summed E-state index contributed by atoms with van der Waals surface area (Å²) in [4.78, 5) is 25.1. The molecule has 1 amide bonds. The Balaban J connectivity index is 2.03. The van der Waals surface area contributed by atoms with Gasteiger partial charge in [0.25, 0.3) is 0 Å². The SMILES string of the molecule is CC(C)NC(=O)CCc1ccc2oc(=O)[nH]c2c1. The number of H-pyrrole nitrogens is 1. The molecule has 1 aromatic heterocycles. The number of carbonyl (C=O) groups is 1. The van der Waals surface area contributed by atoms with E-state index >= 15 is 0 Å². The molecular formula is C13H16N2O3. The summed E-state index contributed by atoms with van der Waals surface area (Å²) in [5.41, 5.74) is 2.20. The van der Waals surface area contributed by atoms with Gasteiger partial charge in [-0.1, -0.05) is 6.07 Å². The maximum Gasteiger partial charge on any atom is 0.417 e. The Hall–Kier alpha value is -2.04. The van der Waals surface area contributed by atoms with Crippen LogP contribution in [0, 0.1) is 0 Å². The molecule has 18 heavy (non-hydrogen) atoms. The Morgan fingerprint density at radius 2 is 2.22 bits per heavy atom. The zero-order valence-electron chi connectivity index (χ0n) is 10.4. The molecule has 0 unspecified atom stereocenters. The fourth-order valence-electron chi connectivity index (χ4n) is 1.81. The van der Waals surface area contributed by atoms with E-state index in [4.69, 9.17) is 4.42 Å². The van der Waals surface area contributed by atoms with Crippen LogP contribution in [0.15, 0.2) is 27.4 Å². The number of fused-ring (bicyclic) bond motifs is 1. The lowest BCUT2D eigenvalue weighted by Gasteiger charge is -2.07. The van der Waals surface area contributed by atoms with E-state index in [1.54, 1.807) is 6.07 Å². The van der Waals surface area contributed by atoms with Crippen LogP contribution in [-0.2, 0) is 11.2 Å². The van der Waals surface area contributed by atoms with E-state index in [1.807, 2.05) is 26.0 Å². The molecule has 0 radical (unpaired) electrons. The summed E-state index contributed by atoms with van der Waals surface area (Å²) >= 11 is 0. The number of hydrogen-bond donors (Lipinski definition) is 2. The number of amides is 1. The first-order chi connectivity index (χ1) is 8.54. The predicted octanol–water partition coefficient (Wildman–Crippen LogP) is 1.58. The molecule has 1 aromatic carbocycles. The lowest BCUT2D eigenvalue weighted by molar-refractivity contribution is -0.121. The van der Waals surface area contributed by atoms with E-state index in [0.29, 0.717) is 23.9 Å². The molecular weight excluding hydrogens is 232 g/mol. The Bertz CT molecular complexity index is 610. The summed E-state index contributed by atoms with van der Waals surface area (Å²) in [5, 5.41) is 2.84. The minimum atomic E-state index is -0.459. The van der Waals surface area contributed by atoms with Crippen LogP contribution in [0.4, 0.5) is 0 Å². The van der Waals surface area contributed by atoms with Crippen molar-refractivity contribution in [3.8, 4) is 0 Å². The molecule has 0 aliphatic carbocycles. The van der Waals surface area contributed by atoms with Crippen LogP contribution in [-0.4, -0.2) is 16.9 Å². The van der Waals surface area contributed by atoms with Crippen molar-refractivity contribution in [2.75, 3.05) is 0 Å². The molecule has 5 heteroatoms. The minimum Gasteiger partial charge on any atom is -0.408 e. The topological polar surface area (TPSA) is 75.1 Å². The number of aromatic amines is 1. The van der Waals surface area contributed by atoms with Gasteiger partial charge in [-0.25, -0.2) is 4.79 Å². The molecule has 0 atom stereocenters. The Kier molecular flexibility index (Phi) is 3.50. The van der Waals surface area contributed by atoms with Crippen molar-refractivity contribution in [1.29, 1.82) is 0 Å². The number of aryl methyl sites for hydroxylation is 1. The average molecular weight is 248 g/mol. The molecule has 2 rings (SSSR count). The highest BCUT2D eigenvalue weighted by Crippen LogP contribution is 2.13. The minimum absolute atomic E-state index is 0.0331. The monoisotopic (exact) mass is 248 g/mol. The third-order valence-corrected chi connectivity index (χ3v) is 2.57. The average Bonchev–Trinajstić information content (AvgIpc) is 2.64. The van der Waals surface area contributed by atoms with Crippen LogP contribution in [0.25, 0.3) is 11.1 Å². The molecule has 0 fully saturated rings. The first-order valence-electron chi connectivity index (χ1n) is 5.96. The van der Waals surface area contributed by atoms with Crippen LogP contribution in [0.2, 0.25) is 0 Å². The predicted molar refractivity (Wildman–Crippen MR) is 68.4 cm³/mol. The molecule has 0 spiro atoms. The van der Waals surface area contributed by atoms with Crippen LogP contribution >= 0.6 is 0 Å². The number of carbonyl (C=O) groups excluding carboxylic acids is 1. The van der Waals surface area contributed by atoms with Gasteiger partial charge in [0, 0.05) is 12.5 Å².